The average molecular weight is 281 g/mol. The van der Waals surface area contributed by atoms with Crippen LogP contribution >= 0.6 is 0 Å². The van der Waals surface area contributed by atoms with Crippen LogP contribution in [0.4, 0.5) is 0 Å². The number of nitrogens with two attached hydrogens (primary N) is 1. The van der Waals surface area contributed by atoms with E-state index in [-0.39, 0.29) is 23.7 Å². The molecule has 0 aliphatic carbocycles. The molecule has 0 bridgehead atoms. The molecule has 0 heterocycles. The lowest BCUT2D eigenvalue weighted by Crippen LogP contribution is -2.51. The highest BCUT2D eigenvalue weighted by Gasteiger charge is 2.24. The lowest BCUT2D eigenvalue weighted by atomic mass is 10.0. The number of Topliss-reactive ketones (excluding diaryl/α,β-unsaturated/α-hetero) is 1. The lowest BCUT2D eigenvalue weighted by Gasteiger charge is -2.22. The molecule has 0 radical (unpaired) electrons. The molecule has 5 nitrogen and oxygen atoms in total. The van der Waals surface area contributed by atoms with Crippen LogP contribution in [0.1, 0.15) is 40.5 Å². The summed E-state index contributed by atoms with van der Waals surface area (Å²) in [5, 5.41) is 5.82. The van der Waals surface area contributed by atoms with Gasteiger partial charge in [-0.1, -0.05) is 26.7 Å². The van der Waals surface area contributed by atoms with E-state index < -0.39 is 6.04 Å². The smallest absolute Gasteiger partial charge is 0.238 e. The van der Waals surface area contributed by atoms with Crippen LogP contribution in [-0.4, -0.2) is 36.9 Å². The molecule has 0 rings (SSSR count). The molecule has 4 N–H and O–H groups in total. The van der Waals surface area contributed by atoms with Crippen LogP contribution in [-0.2, 0) is 9.59 Å². The molecule has 5 heteroatoms. The Labute approximate surface area is 122 Å². The van der Waals surface area contributed by atoms with Gasteiger partial charge in [0.05, 0.1) is 6.04 Å². The van der Waals surface area contributed by atoms with Crippen LogP contribution < -0.4 is 16.4 Å². The summed E-state index contributed by atoms with van der Waals surface area (Å²) in [6.45, 7) is 8.56. The quantitative estimate of drug-likeness (QED) is 0.445. The van der Waals surface area contributed by atoms with Crippen molar-refractivity contribution in [3.8, 4) is 11.8 Å². The SMILES string of the molecule is CCNC(C(=O)N[C@@H](C#CCCCN)C(C)=O)C(C)C. The number of carbonyl (C=O) groups excluding carboxylic acids is 2. The lowest BCUT2D eigenvalue weighted by molar-refractivity contribution is -0.127. The number of unbranched alkanes of at least 4 members (excludes halogenated alkanes) is 1. The topological polar surface area (TPSA) is 84.2 Å². The van der Waals surface area contributed by atoms with Crippen molar-refractivity contribution >= 4 is 11.7 Å². The van der Waals surface area contributed by atoms with Crippen LogP contribution in [0, 0.1) is 17.8 Å². The minimum atomic E-state index is -0.736. The molecule has 0 saturated carbocycles. The number of ketones is 1. The first-order chi connectivity index (χ1) is 9.43. The Kier molecular flexibility index (Phi) is 9.69. The Morgan fingerprint density at radius 2 is 1.95 bits per heavy atom. The number of carbonyl (C=O) groups is 2. The highest BCUT2D eigenvalue weighted by Crippen LogP contribution is 2.02. The minimum Gasteiger partial charge on any atom is -0.335 e. The molecule has 114 valence electrons. The summed E-state index contributed by atoms with van der Waals surface area (Å²) in [5.74, 6) is 5.50. The Bertz CT molecular complexity index is 369. The fraction of sp³-hybridized carbons (Fsp3) is 0.733. The number of amides is 1. The van der Waals surface area contributed by atoms with E-state index in [0.29, 0.717) is 19.5 Å². The van der Waals surface area contributed by atoms with Gasteiger partial charge in [-0.2, -0.15) is 0 Å². The van der Waals surface area contributed by atoms with Gasteiger partial charge in [-0.3, -0.25) is 9.59 Å². The molecule has 0 aromatic rings. The Balaban J connectivity index is 4.67. The second kappa shape index (κ2) is 10.4. The zero-order valence-corrected chi connectivity index (χ0v) is 13.0. The van der Waals surface area contributed by atoms with E-state index in [4.69, 9.17) is 5.73 Å². The van der Waals surface area contributed by atoms with Crippen LogP contribution in [0.5, 0.6) is 0 Å². The molecule has 0 aromatic heterocycles. The average Bonchev–Trinajstić information content (AvgIpc) is 2.38. The minimum absolute atomic E-state index is 0.146. The molecule has 0 fully saturated rings. The van der Waals surface area contributed by atoms with Crippen molar-refractivity contribution in [3.05, 3.63) is 0 Å². The van der Waals surface area contributed by atoms with Crippen molar-refractivity contribution in [1.29, 1.82) is 0 Å². The van der Waals surface area contributed by atoms with E-state index in [2.05, 4.69) is 22.5 Å². The van der Waals surface area contributed by atoms with Crippen LogP contribution in [0.3, 0.4) is 0 Å². The summed E-state index contributed by atoms with van der Waals surface area (Å²) in [7, 11) is 0. The van der Waals surface area contributed by atoms with Gasteiger partial charge in [0.2, 0.25) is 5.91 Å². The molecule has 0 aliphatic rings. The highest BCUT2D eigenvalue weighted by molar-refractivity contribution is 5.91. The first-order valence-electron chi connectivity index (χ1n) is 7.16. The van der Waals surface area contributed by atoms with Crippen molar-refractivity contribution in [2.45, 2.75) is 52.6 Å². The van der Waals surface area contributed by atoms with E-state index in [1.54, 1.807) is 0 Å². The van der Waals surface area contributed by atoms with Gasteiger partial charge >= 0.3 is 0 Å². The molecule has 2 atom stereocenters. The zero-order chi connectivity index (χ0) is 15.5. The maximum Gasteiger partial charge on any atom is 0.238 e. The van der Waals surface area contributed by atoms with Gasteiger partial charge < -0.3 is 16.4 Å². The van der Waals surface area contributed by atoms with E-state index in [1.165, 1.54) is 6.92 Å². The van der Waals surface area contributed by atoms with E-state index in [9.17, 15) is 9.59 Å². The molecular weight excluding hydrogens is 254 g/mol. The zero-order valence-electron chi connectivity index (χ0n) is 13.0. The van der Waals surface area contributed by atoms with E-state index in [1.807, 2.05) is 20.8 Å². The maximum atomic E-state index is 12.2. The summed E-state index contributed by atoms with van der Waals surface area (Å²) < 4.78 is 0. The number of rotatable bonds is 8. The van der Waals surface area contributed by atoms with Crippen molar-refractivity contribution < 1.29 is 9.59 Å². The third-order valence-electron chi connectivity index (χ3n) is 2.82. The normalized spacial score (nSPS) is 13.3. The number of likely N-dealkylation sites (N-methyl/N-ethyl adjacent to an activating group) is 1. The monoisotopic (exact) mass is 281 g/mol. The Hall–Kier alpha value is -1.38. The van der Waals surface area contributed by atoms with Crippen LogP contribution in [0.25, 0.3) is 0 Å². The second-order valence-electron chi connectivity index (χ2n) is 5.04. The van der Waals surface area contributed by atoms with E-state index in [0.717, 1.165) is 6.42 Å². The first-order valence-corrected chi connectivity index (χ1v) is 7.16. The molecule has 0 aliphatic heterocycles. The van der Waals surface area contributed by atoms with Crippen molar-refractivity contribution in [3.63, 3.8) is 0 Å². The highest BCUT2D eigenvalue weighted by atomic mass is 16.2. The summed E-state index contributed by atoms with van der Waals surface area (Å²) in [6, 6.07) is -1.05. The van der Waals surface area contributed by atoms with E-state index >= 15 is 0 Å². The number of hydrogen-bond acceptors (Lipinski definition) is 4. The predicted octanol–water partition coefficient (Wildman–Crippen LogP) is 0.437. The van der Waals surface area contributed by atoms with Crippen molar-refractivity contribution in [2.75, 3.05) is 13.1 Å². The second-order valence-corrected chi connectivity index (χ2v) is 5.04. The summed E-state index contributed by atoms with van der Waals surface area (Å²) in [6.07, 6.45) is 1.43. The summed E-state index contributed by atoms with van der Waals surface area (Å²) >= 11 is 0. The molecule has 0 aromatic carbocycles. The largest absolute Gasteiger partial charge is 0.335 e. The number of hydrogen-bond donors (Lipinski definition) is 3. The Morgan fingerprint density at radius 1 is 1.30 bits per heavy atom. The van der Waals surface area contributed by atoms with Crippen molar-refractivity contribution in [2.24, 2.45) is 11.7 Å². The van der Waals surface area contributed by atoms with Gasteiger partial charge in [-0.05, 0) is 32.4 Å². The molecule has 20 heavy (non-hydrogen) atoms. The fourth-order valence-electron chi connectivity index (χ4n) is 1.69. The predicted molar refractivity (Wildman–Crippen MR) is 81.0 cm³/mol. The summed E-state index contributed by atoms with van der Waals surface area (Å²) in [5.41, 5.74) is 5.38. The van der Waals surface area contributed by atoms with Crippen LogP contribution in [0.15, 0.2) is 0 Å². The van der Waals surface area contributed by atoms with Gasteiger partial charge in [0.1, 0.15) is 6.04 Å². The fourth-order valence-corrected chi connectivity index (χ4v) is 1.69. The molecular formula is C15H27N3O2. The van der Waals surface area contributed by atoms with Gasteiger partial charge in [0.15, 0.2) is 5.78 Å². The molecule has 0 spiro atoms. The summed E-state index contributed by atoms with van der Waals surface area (Å²) in [4.78, 5) is 23.7. The standard InChI is InChI=1S/C15H27N3O2/c1-5-17-14(11(2)3)15(20)18-13(12(4)19)9-7-6-8-10-16/h11,13-14,17H,5-6,8,10,16H2,1-4H3,(H,18,20)/t13-,14?/m0/s1. The number of nitrogens with one attached hydrogen (secondary N) is 2. The Morgan fingerprint density at radius 3 is 2.40 bits per heavy atom. The van der Waals surface area contributed by atoms with Gasteiger partial charge in [-0.15, -0.1) is 5.92 Å². The van der Waals surface area contributed by atoms with Crippen LogP contribution in [0.2, 0.25) is 0 Å². The third-order valence-corrected chi connectivity index (χ3v) is 2.82. The molecule has 1 unspecified atom stereocenters. The maximum absolute atomic E-state index is 12.2. The molecule has 1 amide bonds. The third kappa shape index (κ3) is 7.27. The van der Waals surface area contributed by atoms with Gasteiger partial charge in [-0.25, -0.2) is 0 Å². The first kappa shape index (κ1) is 18.6. The molecule has 0 saturated heterocycles. The van der Waals surface area contributed by atoms with Crippen molar-refractivity contribution in [1.82, 2.24) is 10.6 Å². The van der Waals surface area contributed by atoms with Gasteiger partial charge in [0, 0.05) is 6.42 Å². The van der Waals surface area contributed by atoms with Gasteiger partial charge in [0.25, 0.3) is 0 Å².